The molecule has 0 N–H and O–H groups in total. The molecule has 17 heavy (non-hydrogen) atoms. The van der Waals surface area contributed by atoms with Crippen LogP contribution in [-0.2, 0) is 4.74 Å². The monoisotopic (exact) mass is 254 g/mol. The highest BCUT2D eigenvalue weighted by Crippen LogP contribution is 2.29. The average Bonchev–Trinajstić information content (AvgIpc) is 2.71. The second-order valence-electron chi connectivity index (χ2n) is 4.57. The zero-order valence-corrected chi connectivity index (χ0v) is 11.3. The Labute approximate surface area is 106 Å². The number of aryl methyl sites for hydroxylation is 1. The number of piperidine rings is 1. The minimum atomic E-state index is -0.281. The van der Waals surface area contributed by atoms with Crippen molar-refractivity contribution in [2.24, 2.45) is 5.92 Å². The number of esters is 1. The number of anilines is 1. The maximum atomic E-state index is 11.5. The summed E-state index contributed by atoms with van der Waals surface area (Å²) in [5, 5.41) is 0.954. The number of hydrogen-bond donors (Lipinski definition) is 0. The van der Waals surface area contributed by atoms with Crippen LogP contribution in [0.15, 0.2) is 0 Å². The first-order valence-corrected chi connectivity index (χ1v) is 6.74. The lowest BCUT2D eigenvalue weighted by Crippen LogP contribution is -2.32. The number of methoxy groups -OCH3 is 1. The SMILES string of the molecule is COC(=O)c1sc(N2CCC(C)CC2)nc1C. The van der Waals surface area contributed by atoms with Gasteiger partial charge in [-0.15, -0.1) is 0 Å². The molecule has 1 fully saturated rings. The third-order valence-corrected chi connectivity index (χ3v) is 4.41. The molecule has 0 bridgehead atoms. The topological polar surface area (TPSA) is 42.4 Å². The van der Waals surface area contributed by atoms with Crippen molar-refractivity contribution < 1.29 is 9.53 Å². The Morgan fingerprint density at radius 3 is 2.71 bits per heavy atom. The van der Waals surface area contributed by atoms with Gasteiger partial charge in [-0.3, -0.25) is 0 Å². The molecule has 1 saturated heterocycles. The molecule has 1 aliphatic heterocycles. The Bertz CT molecular complexity index is 409. The lowest BCUT2D eigenvalue weighted by molar-refractivity contribution is 0.0605. The van der Waals surface area contributed by atoms with Gasteiger partial charge in [0.05, 0.1) is 12.8 Å². The van der Waals surface area contributed by atoms with E-state index in [1.807, 2.05) is 6.92 Å². The summed E-state index contributed by atoms with van der Waals surface area (Å²) in [4.78, 5) is 18.9. The number of thiazole rings is 1. The van der Waals surface area contributed by atoms with Crippen LogP contribution >= 0.6 is 11.3 Å². The number of hydrogen-bond acceptors (Lipinski definition) is 5. The predicted molar refractivity (Wildman–Crippen MR) is 68.8 cm³/mol. The van der Waals surface area contributed by atoms with Crippen LogP contribution in [0, 0.1) is 12.8 Å². The summed E-state index contributed by atoms with van der Waals surface area (Å²) >= 11 is 1.44. The highest BCUT2D eigenvalue weighted by Gasteiger charge is 2.22. The fourth-order valence-electron chi connectivity index (χ4n) is 2.00. The van der Waals surface area contributed by atoms with E-state index in [0.29, 0.717) is 4.88 Å². The number of carbonyl (C=O) groups excluding carboxylic acids is 1. The summed E-state index contributed by atoms with van der Waals surface area (Å²) in [7, 11) is 1.41. The fraction of sp³-hybridized carbons (Fsp3) is 0.667. The molecule has 0 amide bonds. The molecule has 5 heteroatoms. The molecule has 1 aromatic heterocycles. The van der Waals surface area contributed by atoms with Gasteiger partial charge in [0.15, 0.2) is 5.13 Å². The van der Waals surface area contributed by atoms with Gasteiger partial charge in [-0.25, -0.2) is 9.78 Å². The lowest BCUT2D eigenvalue weighted by Gasteiger charge is -2.29. The fourth-order valence-corrected chi connectivity index (χ4v) is 3.04. The number of ether oxygens (including phenoxy) is 1. The largest absolute Gasteiger partial charge is 0.465 e. The Kier molecular flexibility index (Phi) is 3.66. The van der Waals surface area contributed by atoms with Crippen molar-refractivity contribution in [3.63, 3.8) is 0 Å². The Hall–Kier alpha value is -1.10. The number of nitrogens with zero attached hydrogens (tertiary/aromatic N) is 2. The van der Waals surface area contributed by atoms with Gasteiger partial charge in [0, 0.05) is 13.1 Å². The van der Waals surface area contributed by atoms with Gasteiger partial charge in [0.1, 0.15) is 4.88 Å². The van der Waals surface area contributed by atoms with Crippen molar-refractivity contribution in [3.8, 4) is 0 Å². The van der Waals surface area contributed by atoms with Crippen molar-refractivity contribution in [1.29, 1.82) is 0 Å². The van der Waals surface area contributed by atoms with Crippen molar-refractivity contribution in [2.45, 2.75) is 26.7 Å². The Morgan fingerprint density at radius 1 is 1.47 bits per heavy atom. The zero-order valence-electron chi connectivity index (χ0n) is 10.5. The van der Waals surface area contributed by atoms with Gasteiger partial charge in [-0.05, 0) is 25.7 Å². The molecule has 0 saturated carbocycles. The van der Waals surface area contributed by atoms with Crippen LogP contribution < -0.4 is 4.90 Å². The van der Waals surface area contributed by atoms with Crippen LogP contribution in [0.5, 0.6) is 0 Å². The Morgan fingerprint density at radius 2 is 2.12 bits per heavy atom. The summed E-state index contributed by atoms with van der Waals surface area (Å²) < 4.78 is 4.75. The van der Waals surface area contributed by atoms with Crippen molar-refractivity contribution in [2.75, 3.05) is 25.1 Å². The van der Waals surface area contributed by atoms with Crippen LogP contribution in [0.3, 0.4) is 0 Å². The third kappa shape index (κ3) is 2.60. The van der Waals surface area contributed by atoms with E-state index in [1.54, 1.807) is 0 Å². The van der Waals surface area contributed by atoms with Gasteiger partial charge in [-0.1, -0.05) is 18.3 Å². The van der Waals surface area contributed by atoms with Crippen LogP contribution in [0.1, 0.15) is 35.1 Å². The minimum Gasteiger partial charge on any atom is -0.465 e. The van der Waals surface area contributed by atoms with Gasteiger partial charge in [-0.2, -0.15) is 0 Å². The number of aromatic nitrogens is 1. The maximum Gasteiger partial charge on any atom is 0.350 e. The van der Waals surface area contributed by atoms with Gasteiger partial charge in [0.25, 0.3) is 0 Å². The summed E-state index contributed by atoms with van der Waals surface area (Å²) in [5.74, 6) is 0.518. The van der Waals surface area contributed by atoms with E-state index in [-0.39, 0.29) is 5.97 Å². The van der Waals surface area contributed by atoms with Crippen LogP contribution in [-0.4, -0.2) is 31.2 Å². The molecule has 0 aromatic carbocycles. The van der Waals surface area contributed by atoms with Crippen molar-refractivity contribution in [3.05, 3.63) is 10.6 Å². The molecule has 4 nitrogen and oxygen atoms in total. The van der Waals surface area contributed by atoms with E-state index in [9.17, 15) is 4.79 Å². The van der Waals surface area contributed by atoms with Crippen LogP contribution in [0.2, 0.25) is 0 Å². The average molecular weight is 254 g/mol. The summed E-state index contributed by atoms with van der Waals surface area (Å²) in [6.45, 7) is 6.21. The second kappa shape index (κ2) is 5.04. The number of carbonyl (C=O) groups is 1. The first-order chi connectivity index (χ1) is 8.11. The van der Waals surface area contributed by atoms with Crippen LogP contribution in [0.25, 0.3) is 0 Å². The molecule has 2 heterocycles. The summed E-state index contributed by atoms with van der Waals surface area (Å²) in [6.07, 6.45) is 2.40. The summed E-state index contributed by atoms with van der Waals surface area (Å²) in [6, 6.07) is 0. The van der Waals surface area contributed by atoms with E-state index >= 15 is 0 Å². The molecule has 0 aliphatic carbocycles. The van der Waals surface area contributed by atoms with Gasteiger partial charge < -0.3 is 9.64 Å². The van der Waals surface area contributed by atoms with E-state index < -0.39 is 0 Å². The Balaban J connectivity index is 2.14. The third-order valence-electron chi connectivity index (χ3n) is 3.21. The molecular weight excluding hydrogens is 236 g/mol. The molecular formula is C12H18N2O2S. The second-order valence-corrected chi connectivity index (χ2v) is 5.55. The highest BCUT2D eigenvalue weighted by molar-refractivity contribution is 7.17. The molecule has 94 valence electrons. The molecule has 0 atom stereocenters. The zero-order chi connectivity index (χ0) is 12.4. The highest BCUT2D eigenvalue weighted by atomic mass is 32.1. The van der Waals surface area contributed by atoms with E-state index in [2.05, 4.69) is 16.8 Å². The number of rotatable bonds is 2. The van der Waals surface area contributed by atoms with E-state index in [4.69, 9.17) is 4.74 Å². The van der Waals surface area contributed by atoms with Crippen LogP contribution in [0.4, 0.5) is 5.13 Å². The van der Waals surface area contributed by atoms with E-state index in [0.717, 1.165) is 29.8 Å². The molecule has 2 rings (SSSR count). The quantitative estimate of drug-likeness (QED) is 0.760. The normalized spacial score (nSPS) is 17.2. The van der Waals surface area contributed by atoms with E-state index in [1.165, 1.54) is 31.3 Å². The van der Waals surface area contributed by atoms with Crippen molar-refractivity contribution >= 4 is 22.4 Å². The molecule has 1 aliphatic rings. The molecule has 0 radical (unpaired) electrons. The standard InChI is InChI=1S/C12H18N2O2S/c1-8-4-6-14(7-5-8)12-13-9(2)10(17-12)11(15)16-3/h8H,4-7H2,1-3H3. The molecule has 0 unspecified atom stereocenters. The lowest BCUT2D eigenvalue weighted by atomic mass is 10.00. The van der Waals surface area contributed by atoms with Crippen molar-refractivity contribution in [1.82, 2.24) is 4.98 Å². The smallest absolute Gasteiger partial charge is 0.350 e. The summed E-state index contributed by atoms with van der Waals surface area (Å²) in [5.41, 5.74) is 0.774. The molecule has 0 spiro atoms. The first kappa shape index (κ1) is 12.4. The van der Waals surface area contributed by atoms with Gasteiger partial charge >= 0.3 is 5.97 Å². The first-order valence-electron chi connectivity index (χ1n) is 5.92. The minimum absolute atomic E-state index is 0.281. The van der Waals surface area contributed by atoms with Gasteiger partial charge in [0.2, 0.25) is 0 Å². The predicted octanol–water partition coefficient (Wildman–Crippen LogP) is 2.47. The molecule has 1 aromatic rings. The maximum absolute atomic E-state index is 11.5.